The van der Waals surface area contributed by atoms with Crippen LogP contribution in [0.1, 0.15) is 6.92 Å². The van der Waals surface area contributed by atoms with Crippen LogP contribution in [-0.2, 0) is 0 Å². The summed E-state index contributed by atoms with van der Waals surface area (Å²) in [5, 5.41) is 3.88. The lowest BCUT2D eigenvalue weighted by Gasteiger charge is -2.00. The van der Waals surface area contributed by atoms with Crippen LogP contribution in [-0.4, -0.2) is 11.5 Å². The summed E-state index contributed by atoms with van der Waals surface area (Å²) in [5.74, 6) is 0. The normalized spacial score (nSPS) is 10.5. The minimum Gasteiger partial charge on any atom is -0.385 e. The summed E-state index contributed by atoms with van der Waals surface area (Å²) in [5.41, 5.74) is 7.70. The van der Waals surface area contributed by atoms with Gasteiger partial charge >= 0.3 is 0 Å². The van der Waals surface area contributed by atoms with Gasteiger partial charge < -0.3 is 11.1 Å². The third-order valence-corrected chi connectivity index (χ3v) is 2.63. The fourth-order valence-corrected chi connectivity index (χ4v) is 2.03. The number of nitrogens with one attached hydrogen (secondary N) is 1. The van der Waals surface area contributed by atoms with Gasteiger partial charge in [0.15, 0.2) is 5.13 Å². The van der Waals surface area contributed by atoms with E-state index in [0.717, 1.165) is 22.4 Å². The van der Waals surface area contributed by atoms with Crippen molar-refractivity contribution in [3.63, 3.8) is 0 Å². The van der Waals surface area contributed by atoms with Crippen molar-refractivity contribution in [3.05, 3.63) is 18.2 Å². The van der Waals surface area contributed by atoms with Gasteiger partial charge in [-0.3, -0.25) is 0 Å². The van der Waals surface area contributed by atoms with Crippen LogP contribution in [0.2, 0.25) is 0 Å². The van der Waals surface area contributed by atoms with Crippen molar-refractivity contribution in [2.24, 2.45) is 0 Å². The fraction of sp³-hybridized carbons (Fsp3) is 0.222. The maximum absolute atomic E-state index is 5.60. The molecule has 0 saturated carbocycles. The van der Waals surface area contributed by atoms with E-state index in [1.54, 1.807) is 0 Å². The summed E-state index contributed by atoms with van der Waals surface area (Å²) >= 11 is 1.52. The van der Waals surface area contributed by atoms with Gasteiger partial charge in [0.25, 0.3) is 0 Å². The molecule has 13 heavy (non-hydrogen) atoms. The maximum atomic E-state index is 5.60. The number of hydrogen-bond donors (Lipinski definition) is 2. The van der Waals surface area contributed by atoms with Gasteiger partial charge in [-0.25, -0.2) is 4.98 Å². The van der Waals surface area contributed by atoms with Gasteiger partial charge in [-0.2, -0.15) is 0 Å². The second-order valence-electron chi connectivity index (χ2n) is 2.76. The average Bonchev–Trinajstić information content (AvgIpc) is 2.44. The molecule has 0 bridgehead atoms. The molecule has 0 aliphatic heterocycles. The Morgan fingerprint density at radius 3 is 3.15 bits per heavy atom. The predicted molar refractivity (Wildman–Crippen MR) is 58.2 cm³/mol. The van der Waals surface area contributed by atoms with Crippen LogP contribution in [0.25, 0.3) is 10.2 Å². The van der Waals surface area contributed by atoms with E-state index in [9.17, 15) is 0 Å². The van der Waals surface area contributed by atoms with Gasteiger partial charge in [0, 0.05) is 12.2 Å². The summed E-state index contributed by atoms with van der Waals surface area (Å²) in [4.78, 5) is 4.18. The lowest BCUT2D eigenvalue weighted by atomic mass is 10.3. The minimum atomic E-state index is 0.628. The smallest absolute Gasteiger partial charge is 0.181 e. The highest BCUT2D eigenvalue weighted by molar-refractivity contribution is 7.22. The summed E-state index contributed by atoms with van der Waals surface area (Å²) in [7, 11) is 0. The summed E-state index contributed by atoms with van der Waals surface area (Å²) < 4.78 is 1.14. The second-order valence-corrected chi connectivity index (χ2v) is 3.83. The molecule has 0 radical (unpaired) electrons. The van der Waals surface area contributed by atoms with Crippen LogP contribution in [0.3, 0.4) is 0 Å². The molecule has 0 aliphatic carbocycles. The topological polar surface area (TPSA) is 50.9 Å². The molecule has 3 N–H and O–H groups in total. The standard InChI is InChI=1S/C9H11N3S/c1-2-11-6-3-4-7-8(5-6)13-9(10)12-7/h3-5,11H,2H2,1H3,(H2,10,12). The molecular formula is C9H11N3S. The largest absolute Gasteiger partial charge is 0.385 e. The van der Waals surface area contributed by atoms with E-state index < -0.39 is 0 Å². The van der Waals surface area contributed by atoms with E-state index in [-0.39, 0.29) is 0 Å². The van der Waals surface area contributed by atoms with Crippen LogP contribution in [0.4, 0.5) is 10.8 Å². The van der Waals surface area contributed by atoms with Gasteiger partial charge in [-0.15, -0.1) is 0 Å². The minimum absolute atomic E-state index is 0.628. The molecule has 4 heteroatoms. The van der Waals surface area contributed by atoms with Crippen molar-refractivity contribution in [2.75, 3.05) is 17.6 Å². The molecule has 0 spiro atoms. The van der Waals surface area contributed by atoms with E-state index in [1.165, 1.54) is 11.3 Å². The molecule has 1 aromatic heterocycles. The number of nitrogen functional groups attached to an aromatic ring is 1. The molecule has 3 nitrogen and oxygen atoms in total. The highest BCUT2D eigenvalue weighted by atomic mass is 32.1. The van der Waals surface area contributed by atoms with E-state index in [0.29, 0.717) is 5.13 Å². The fourth-order valence-electron chi connectivity index (χ4n) is 1.26. The van der Waals surface area contributed by atoms with E-state index in [4.69, 9.17) is 5.73 Å². The van der Waals surface area contributed by atoms with Crippen molar-refractivity contribution in [3.8, 4) is 0 Å². The van der Waals surface area contributed by atoms with Crippen LogP contribution >= 0.6 is 11.3 Å². The Morgan fingerprint density at radius 2 is 2.38 bits per heavy atom. The first kappa shape index (κ1) is 8.31. The highest BCUT2D eigenvalue weighted by Crippen LogP contribution is 2.26. The molecule has 0 aliphatic rings. The zero-order valence-electron chi connectivity index (χ0n) is 7.37. The molecule has 0 amide bonds. The van der Waals surface area contributed by atoms with Crippen LogP contribution in [0, 0.1) is 0 Å². The maximum Gasteiger partial charge on any atom is 0.181 e. The number of anilines is 2. The number of benzene rings is 1. The van der Waals surface area contributed by atoms with Gasteiger partial charge in [0.2, 0.25) is 0 Å². The SMILES string of the molecule is CCNc1ccc2nc(N)sc2c1. The molecule has 0 unspecified atom stereocenters. The summed E-state index contributed by atoms with van der Waals surface area (Å²) in [6.45, 7) is 3.00. The Kier molecular flexibility index (Phi) is 2.06. The van der Waals surface area contributed by atoms with Crippen LogP contribution in [0.15, 0.2) is 18.2 Å². The molecule has 0 saturated heterocycles. The zero-order chi connectivity index (χ0) is 9.26. The Labute approximate surface area is 80.6 Å². The third-order valence-electron chi connectivity index (χ3n) is 1.79. The number of nitrogens with zero attached hydrogens (tertiary/aromatic N) is 1. The van der Waals surface area contributed by atoms with Gasteiger partial charge in [-0.05, 0) is 25.1 Å². The molecule has 1 heterocycles. The Balaban J connectivity index is 2.48. The molecule has 0 atom stereocenters. The van der Waals surface area contributed by atoms with Crippen LogP contribution in [0.5, 0.6) is 0 Å². The highest BCUT2D eigenvalue weighted by Gasteiger charge is 2.00. The van der Waals surface area contributed by atoms with Crippen molar-refractivity contribution in [1.82, 2.24) is 4.98 Å². The quantitative estimate of drug-likeness (QED) is 0.769. The molecule has 2 aromatic rings. The van der Waals surface area contributed by atoms with Crippen molar-refractivity contribution < 1.29 is 0 Å². The average molecular weight is 193 g/mol. The van der Waals surface area contributed by atoms with E-state index >= 15 is 0 Å². The number of fused-ring (bicyclic) bond motifs is 1. The molecule has 2 rings (SSSR count). The third kappa shape index (κ3) is 1.58. The Bertz CT molecular complexity index is 422. The van der Waals surface area contributed by atoms with Crippen molar-refractivity contribution >= 4 is 32.4 Å². The lowest BCUT2D eigenvalue weighted by Crippen LogP contribution is -1.95. The molecular weight excluding hydrogens is 182 g/mol. The van der Waals surface area contributed by atoms with Crippen molar-refractivity contribution in [2.45, 2.75) is 6.92 Å². The zero-order valence-corrected chi connectivity index (χ0v) is 8.19. The van der Waals surface area contributed by atoms with Gasteiger partial charge in [-0.1, -0.05) is 11.3 Å². The number of thiazole rings is 1. The molecule has 68 valence electrons. The predicted octanol–water partition coefficient (Wildman–Crippen LogP) is 2.31. The summed E-state index contributed by atoms with van der Waals surface area (Å²) in [6.07, 6.45) is 0. The Morgan fingerprint density at radius 1 is 1.54 bits per heavy atom. The molecule has 0 fully saturated rings. The van der Waals surface area contributed by atoms with Crippen molar-refractivity contribution in [1.29, 1.82) is 0 Å². The number of aromatic nitrogens is 1. The lowest BCUT2D eigenvalue weighted by molar-refractivity contribution is 1.21. The van der Waals surface area contributed by atoms with E-state index in [2.05, 4.69) is 23.3 Å². The van der Waals surface area contributed by atoms with Crippen LogP contribution < -0.4 is 11.1 Å². The Hall–Kier alpha value is -1.29. The number of nitrogens with two attached hydrogens (primary N) is 1. The first-order chi connectivity index (χ1) is 6.29. The first-order valence-electron chi connectivity index (χ1n) is 4.19. The monoisotopic (exact) mass is 193 g/mol. The number of rotatable bonds is 2. The molecule has 1 aromatic carbocycles. The number of hydrogen-bond acceptors (Lipinski definition) is 4. The first-order valence-corrected chi connectivity index (χ1v) is 5.01. The van der Waals surface area contributed by atoms with Gasteiger partial charge in [0.1, 0.15) is 0 Å². The van der Waals surface area contributed by atoms with Gasteiger partial charge in [0.05, 0.1) is 10.2 Å². The summed E-state index contributed by atoms with van der Waals surface area (Å²) in [6, 6.07) is 6.08. The second kappa shape index (κ2) is 3.22. The van der Waals surface area contributed by atoms with E-state index in [1.807, 2.05) is 12.1 Å².